The van der Waals surface area contributed by atoms with Crippen LogP contribution in [0, 0.1) is 0 Å². The van der Waals surface area contributed by atoms with Crippen LogP contribution in [0.5, 0.6) is 0 Å². The Hall–Kier alpha value is -0.750. The molecule has 0 saturated heterocycles. The van der Waals surface area contributed by atoms with Gasteiger partial charge in [0.2, 0.25) is 0 Å². The number of nitrogens with one attached hydrogen (secondary N) is 1. The fourth-order valence-electron chi connectivity index (χ4n) is 0.947. The molecular weight excluding hydrogens is 310 g/mol. The van der Waals surface area contributed by atoms with Gasteiger partial charge in [-0.1, -0.05) is 11.6 Å². The lowest BCUT2D eigenvalue weighted by Crippen LogP contribution is -2.33. The van der Waals surface area contributed by atoms with Crippen LogP contribution < -0.4 is 5.32 Å². The summed E-state index contributed by atoms with van der Waals surface area (Å²) >= 11 is 8.68. The maximum atomic E-state index is 11.9. The Bertz CT molecular complexity index is 408. The molecule has 0 aliphatic carbocycles. The van der Waals surface area contributed by atoms with Crippen LogP contribution in [-0.4, -0.2) is 18.6 Å². The van der Waals surface area contributed by atoms with Crippen LogP contribution in [0.4, 0.5) is 13.2 Å². The molecule has 0 bridgehead atoms. The SMILES string of the molecule is O=C(NCC(F)(F)F)c1cc(Cl)ccc1Br. The van der Waals surface area contributed by atoms with Gasteiger partial charge in [0.15, 0.2) is 0 Å². The quantitative estimate of drug-likeness (QED) is 0.890. The van der Waals surface area contributed by atoms with Gasteiger partial charge in [-0.05, 0) is 34.1 Å². The fraction of sp³-hybridized carbons (Fsp3) is 0.222. The molecule has 16 heavy (non-hydrogen) atoms. The van der Waals surface area contributed by atoms with Gasteiger partial charge >= 0.3 is 6.18 Å². The topological polar surface area (TPSA) is 29.1 Å². The first-order valence-electron chi connectivity index (χ1n) is 4.09. The molecule has 7 heteroatoms. The molecule has 0 unspecified atom stereocenters. The van der Waals surface area contributed by atoms with E-state index in [2.05, 4.69) is 15.9 Å². The number of rotatable bonds is 2. The molecule has 0 atom stereocenters. The molecule has 0 fully saturated rings. The first kappa shape index (κ1) is 13.3. The molecule has 1 aromatic rings. The predicted molar refractivity (Wildman–Crippen MR) is 57.5 cm³/mol. The predicted octanol–water partition coefficient (Wildman–Crippen LogP) is 3.39. The van der Waals surface area contributed by atoms with Crippen LogP contribution in [-0.2, 0) is 0 Å². The number of amides is 1. The summed E-state index contributed by atoms with van der Waals surface area (Å²) in [7, 11) is 0. The Morgan fingerprint density at radius 2 is 2.06 bits per heavy atom. The largest absolute Gasteiger partial charge is 0.405 e. The van der Waals surface area contributed by atoms with E-state index in [1.54, 1.807) is 5.32 Å². The Balaban J connectivity index is 2.77. The van der Waals surface area contributed by atoms with Crippen LogP contribution in [0.1, 0.15) is 10.4 Å². The molecule has 2 nitrogen and oxygen atoms in total. The van der Waals surface area contributed by atoms with Crippen molar-refractivity contribution in [1.82, 2.24) is 5.32 Å². The zero-order chi connectivity index (χ0) is 12.3. The second kappa shape index (κ2) is 5.05. The Labute approximate surface area is 103 Å². The van der Waals surface area contributed by atoms with Crippen LogP contribution >= 0.6 is 27.5 Å². The van der Waals surface area contributed by atoms with Gasteiger partial charge in [-0.2, -0.15) is 13.2 Å². The van der Waals surface area contributed by atoms with E-state index in [1.165, 1.54) is 18.2 Å². The van der Waals surface area contributed by atoms with Crippen molar-refractivity contribution in [2.24, 2.45) is 0 Å². The summed E-state index contributed by atoms with van der Waals surface area (Å²) in [5.41, 5.74) is 0.0664. The molecule has 0 spiro atoms. The molecule has 88 valence electrons. The lowest BCUT2D eigenvalue weighted by molar-refractivity contribution is -0.123. The second-order valence-corrected chi connectivity index (χ2v) is 4.21. The minimum absolute atomic E-state index is 0.0664. The molecule has 0 aliphatic heterocycles. The lowest BCUT2D eigenvalue weighted by Gasteiger charge is -2.09. The molecule has 1 rings (SSSR count). The highest BCUT2D eigenvalue weighted by Gasteiger charge is 2.28. The molecule has 0 saturated carbocycles. The minimum atomic E-state index is -4.43. The van der Waals surface area contributed by atoms with Crippen molar-refractivity contribution in [3.8, 4) is 0 Å². The highest BCUT2D eigenvalue weighted by atomic mass is 79.9. The first-order chi connectivity index (χ1) is 7.29. The lowest BCUT2D eigenvalue weighted by atomic mass is 10.2. The maximum absolute atomic E-state index is 11.9. The van der Waals surface area contributed by atoms with E-state index >= 15 is 0 Å². The average Bonchev–Trinajstić information content (AvgIpc) is 2.17. The zero-order valence-electron chi connectivity index (χ0n) is 7.74. The fourth-order valence-corrected chi connectivity index (χ4v) is 1.55. The van der Waals surface area contributed by atoms with E-state index in [4.69, 9.17) is 11.6 Å². The zero-order valence-corrected chi connectivity index (χ0v) is 10.1. The van der Waals surface area contributed by atoms with Crippen molar-refractivity contribution >= 4 is 33.4 Å². The molecule has 1 aromatic carbocycles. The summed E-state index contributed by atoms with van der Waals surface area (Å²) in [4.78, 5) is 11.4. The van der Waals surface area contributed by atoms with E-state index in [0.29, 0.717) is 4.47 Å². The number of hydrogen-bond acceptors (Lipinski definition) is 1. The third-order valence-electron chi connectivity index (χ3n) is 1.62. The van der Waals surface area contributed by atoms with E-state index in [0.717, 1.165) is 0 Å². The van der Waals surface area contributed by atoms with Gasteiger partial charge in [0.1, 0.15) is 6.54 Å². The van der Waals surface area contributed by atoms with Crippen molar-refractivity contribution in [2.75, 3.05) is 6.54 Å². The second-order valence-electron chi connectivity index (χ2n) is 2.92. The summed E-state index contributed by atoms with van der Waals surface area (Å²) in [6.07, 6.45) is -4.43. The smallest absolute Gasteiger partial charge is 0.343 e. The van der Waals surface area contributed by atoms with Gasteiger partial charge < -0.3 is 5.32 Å². The molecular formula is C9H6BrClF3NO. The highest BCUT2D eigenvalue weighted by Crippen LogP contribution is 2.21. The van der Waals surface area contributed by atoms with Gasteiger partial charge in [0, 0.05) is 9.50 Å². The van der Waals surface area contributed by atoms with Crippen LogP contribution in [0.15, 0.2) is 22.7 Å². The van der Waals surface area contributed by atoms with Crippen molar-refractivity contribution in [1.29, 1.82) is 0 Å². The van der Waals surface area contributed by atoms with E-state index in [9.17, 15) is 18.0 Å². The molecule has 1 amide bonds. The number of carbonyl (C=O) groups is 1. The van der Waals surface area contributed by atoms with Gasteiger partial charge in [0.05, 0.1) is 5.56 Å². The van der Waals surface area contributed by atoms with Crippen LogP contribution in [0.2, 0.25) is 5.02 Å². The molecule has 0 aromatic heterocycles. The highest BCUT2D eigenvalue weighted by molar-refractivity contribution is 9.10. The van der Waals surface area contributed by atoms with E-state index < -0.39 is 18.6 Å². The molecule has 1 N–H and O–H groups in total. The Morgan fingerprint density at radius 1 is 1.44 bits per heavy atom. The molecule has 0 aliphatic rings. The number of alkyl halides is 3. The summed E-state index contributed by atoms with van der Waals surface area (Å²) in [5.74, 6) is -0.827. The van der Waals surface area contributed by atoms with Gasteiger partial charge in [0.25, 0.3) is 5.91 Å². The number of halogens is 5. The summed E-state index contributed by atoms with van der Waals surface area (Å²) in [6, 6.07) is 4.30. The van der Waals surface area contributed by atoms with Gasteiger partial charge in [-0.15, -0.1) is 0 Å². The molecule has 0 radical (unpaired) electrons. The van der Waals surface area contributed by atoms with Crippen molar-refractivity contribution in [2.45, 2.75) is 6.18 Å². The first-order valence-corrected chi connectivity index (χ1v) is 5.27. The van der Waals surface area contributed by atoms with Gasteiger partial charge in [-0.3, -0.25) is 4.79 Å². The van der Waals surface area contributed by atoms with Crippen LogP contribution in [0.25, 0.3) is 0 Å². The summed E-state index contributed by atoms with van der Waals surface area (Å²) in [5, 5.41) is 2.03. The third-order valence-corrected chi connectivity index (χ3v) is 2.55. The normalized spacial score (nSPS) is 11.3. The number of hydrogen-bond donors (Lipinski definition) is 1. The minimum Gasteiger partial charge on any atom is -0.343 e. The maximum Gasteiger partial charge on any atom is 0.405 e. The van der Waals surface area contributed by atoms with E-state index in [-0.39, 0.29) is 10.6 Å². The van der Waals surface area contributed by atoms with E-state index in [1.807, 2.05) is 0 Å². The monoisotopic (exact) mass is 315 g/mol. The average molecular weight is 317 g/mol. The summed E-state index contributed by atoms with van der Waals surface area (Å²) < 4.78 is 36.0. The number of benzene rings is 1. The van der Waals surface area contributed by atoms with Crippen molar-refractivity contribution in [3.63, 3.8) is 0 Å². The third kappa shape index (κ3) is 4.02. The van der Waals surface area contributed by atoms with Crippen molar-refractivity contribution < 1.29 is 18.0 Å². The van der Waals surface area contributed by atoms with Crippen LogP contribution in [0.3, 0.4) is 0 Å². The summed E-state index contributed by atoms with van der Waals surface area (Å²) in [6.45, 7) is -1.37. The Kier molecular flexibility index (Phi) is 4.21. The Morgan fingerprint density at radius 3 is 2.62 bits per heavy atom. The standard InChI is InChI=1S/C9H6BrClF3NO/c10-7-2-1-5(11)3-6(7)8(16)15-4-9(12,13)14/h1-3H,4H2,(H,15,16). The number of carbonyl (C=O) groups excluding carboxylic acids is 1. The molecule has 0 heterocycles. The van der Waals surface area contributed by atoms with Crippen molar-refractivity contribution in [3.05, 3.63) is 33.3 Å². The van der Waals surface area contributed by atoms with Gasteiger partial charge in [-0.25, -0.2) is 0 Å².